The van der Waals surface area contributed by atoms with Crippen LogP contribution in [-0.2, 0) is 23.9 Å². The number of nitrogens with one attached hydrogen (secondary N) is 1. The van der Waals surface area contributed by atoms with E-state index in [0.717, 1.165) is 13.0 Å². The molecular formula is C15H26N2O5. The summed E-state index contributed by atoms with van der Waals surface area (Å²) < 4.78 is 10.6. The fourth-order valence-corrected chi connectivity index (χ4v) is 2.11. The van der Waals surface area contributed by atoms with Crippen LogP contribution < -0.4 is 5.32 Å². The van der Waals surface area contributed by atoms with Crippen LogP contribution in [0.4, 0.5) is 0 Å². The number of nitrogens with zero attached hydrogens (tertiary/aromatic N) is 1. The Morgan fingerprint density at radius 1 is 1.23 bits per heavy atom. The van der Waals surface area contributed by atoms with Gasteiger partial charge in [-0.25, -0.2) is 0 Å². The molecular weight excluding hydrogens is 288 g/mol. The molecule has 0 saturated carbocycles. The first kappa shape index (κ1) is 18.6. The van der Waals surface area contributed by atoms with Crippen molar-refractivity contribution in [2.45, 2.75) is 33.1 Å². The molecule has 0 spiro atoms. The summed E-state index contributed by atoms with van der Waals surface area (Å²) in [7, 11) is 0. The van der Waals surface area contributed by atoms with Gasteiger partial charge in [0.25, 0.3) is 0 Å². The van der Waals surface area contributed by atoms with Gasteiger partial charge in [-0.3, -0.25) is 19.3 Å². The van der Waals surface area contributed by atoms with Crippen LogP contribution >= 0.6 is 0 Å². The lowest BCUT2D eigenvalue weighted by molar-refractivity contribution is -0.139. The first-order valence-electron chi connectivity index (χ1n) is 7.82. The number of ether oxygens (including phenoxy) is 2. The average molecular weight is 314 g/mol. The van der Waals surface area contributed by atoms with Crippen LogP contribution in [-0.4, -0.2) is 62.1 Å². The summed E-state index contributed by atoms with van der Waals surface area (Å²) in [5, 5.41) is 2.70. The molecule has 1 atom stereocenters. The molecule has 0 bridgehead atoms. The number of hydrogen-bond acceptors (Lipinski definition) is 5. The first-order chi connectivity index (χ1) is 10.6. The van der Waals surface area contributed by atoms with Crippen LogP contribution in [0.3, 0.4) is 0 Å². The Hall–Kier alpha value is -1.47. The van der Waals surface area contributed by atoms with Gasteiger partial charge in [-0.05, 0) is 6.42 Å². The van der Waals surface area contributed by atoms with E-state index in [4.69, 9.17) is 9.47 Å². The molecule has 0 aromatic rings. The largest absolute Gasteiger partial charge is 0.379 e. The summed E-state index contributed by atoms with van der Waals surface area (Å²) >= 11 is 0. The molecule has 1 aliphatic heterocycles. The van der Waals surface area contributed by atoms with Crippen LogP contribution in [0.2, 0.25) is 0 Å². The van der Waals surface area contributed by atoms with Crippen molar-refractivity contribution in [3.8, 4) is 0 Å². The van der Waals surface area contributed by atoms with Crippen LogP contribution in [0.15, 0.2) is 0 Å². The van der Waals surface area contributed by atoms with Crippen LogP contribution in [0.5, 0.6) is 0 Å². The second kappa shape index (κ2) is 10.3. The van der Waals surface area contributed by atoms with E-state index < -0.39 is 0 Å². The van der Waals surface area contributed by atoms with Crippen molar-refractivity contribution in [3.05, 3.63) is 0 Å². The molecule has 1 fully saturated rings. The van der Waals surface area contributed by atoms with Gasteiger partial charge in [-0.15, -0.1) is 0 Å². The van der Waals surface area contributed by atoms with Gasteiger partial charge in [0, 0.05) is 38.5 Å². The third-order valence-corrected chi connectivity index (χ3v) is 3.32. The highest BCUT2D eigenvalue weighted by atomic mass is 16.5. The molecule has 126 valence electrons. The van der Waals surface area contributed by atoms with Gasteiger partial charge in [0.2, 0.25) is 17.7 Å². The molecule has 0 aromatic carbocycles. The Kier molecular flexibility index (Phi) is 8.69. The van der Waals surface area contributed by atoms with Gasteiger partial charge in [0.15, 0.2) is 0 Å². The molecule has 1 unspecified atom stereocenters. The zero-order chi connectivity index (χ0) is 16.4. The zero-order valence-corrected chi connectivity index (χ0v) is 13.4. The molecule has 7 heteroatoms. The Balaban J connectivity index is 2.02. The highest BCUT2D eigenvalue weighted by Crippen LogP contribution is 2.18. The van der Waals surface area contributed by atoms with Crippen molar-refractivity contribution in [2.24, 2.45) is 5.92 Å². The Morgan fingerprint density at radius 3 is 2.50 bits per heavy atom. The molecule has 0 aromatic heterocycles. The van der Waals surface area contributed by atoms with Crippen molar-refractivity contribution < 1.29 is 23.9 Å². The highest BCUT2D eigenvalue weighted by molar-refractivity contribution is 6.03. The number of carbonyl (C=O) groups excluding carboxylic acids is 3. The first-order valence-corrected chi connectivity index (χ1v) is 7.82. The second-order valence-corrected chi connectivity index (χ2v) is 5.31. The average Bonchev–Trinajstić information content (AvgIpc) is 2.73. The molecule has 3 amide bonds. The Labute approximate surface area is 131 Å². The van der Waals surface area contributed by atoms with E-state index in [1.807, 2.05) is 6.92 Å². The summed E-state index contributed by atoms with van der Waals surface area (Å²) in [4.78, 5) is 36.0. The lowest BCUT2D eigenvalue weighted by atomic mass is 10.1. The maximum Gasteiger partial charge on any atom is 0.232 e. The van der Waals surface area contributed by atoms with E-state index in [0.29, 0.717) is 26.4 Å². The molecule has 1 aliphatic rings. The van der Waals surface area contributed by atoms with E-state index in [1.54, 1.807) is 6.92 Å². The molecule has 1 saturated heterocycles. The number of rotatable bonds is 11. The fraction of sp³-hybridized carbons (Fsp3) is 0.800. The van der Waals surface area contributed by atoms with Gasteiger partial charge in [0.1, 0.15) is 0 Å². The summed E-state index contributed by atoms with van der Waals surface area (Å²) in [5.41, 5.74) is 0. The summed E-state index contributed by atoms with van der Waals surface area (Å²) in [5.74, 6) is -0.834. The maximum absolute atomic E-state index is 11.7. The molecule has 1 rings (SSSR count). The SMILES string of the molecule is CCCOCCOCCNC(=O)CCN1C(=O)CC(C)C1=O. The highest BCUT2D eigenvalue weighted by Gasteiger charge is 2.35. The number of imide groups is 1. The standard InChI is InChI=1S/C15H26N2O5/c1-3-7-21-9-10-22-8-5-16-13(18)4-6-17-14(19)11-12(2)15(17)20/h12H,3-11H2,1-2H3,(H,16,18). The smallest absolute Gasteiger partial charge is 0.232 e. The number of likely N-dealkylation sites (tertiary alicyclic amines) is 1. The normalized spacial score (nSPS) is 18.1. The zero-order valence-electron chi connectivity index (χ0n) is 13.4. The minimum Gasteiger partial charge on any atom is -0.379 e. The molecule has 22 heavy (non-hydrogen) atoms. The van der Waals surface area contributed by atoms with Gasteiger partial charge in [-0.1, -0.05) is 13.8 Å². The molecule has 1 heterocycles. The minimum absolute atomic E-state index is 0.129. The van der Waals surface area contributed by atoms with E-state index in [-0.39, 0.29) is 43.0 Å². The van der Waals surface area contributed by atoms with Crippen LogP contribution in [0.25, 0.3) is 0 Å². The van der Waals surface area contributed by atoms with Gasteiger partial charge < -0.3 is 14.8 Å². The topological polar surface area (TPSA) is 84.9 Å². The number of carbonyl (C=O) groups is 3. The lowest BCUT2D eigenvalue weighted by Crippen LogP contribution is -2.35. The third-order valence-electron chi connectivity index (χ3n) is 3.32. The summed E-state index contributed by atoms with van der Waals surface area (Å²) in [6.07, 6.45) is 1.36. The van der Waals surface area contributed by atoms with Crippen molar-refractivity contribution >= 4 is 17.7 Å². The van der Waals surface area contributed by atoms with Crippen LogP contribution in [0.1, 0.15) is 33.1 Å². The Bertz CT molecular complexity index is 386. The van der Waals surface area contributed by atoms with Gasteiger partial charge >= 0.3 is 0 Å². The van der Waals surface area contributed by atoms with Gasteiger partial charge in [0.05, 0.1) is 19.8 Å². The maximum atomic E-state index is 11.7. The Morgan fingerprint density at radius 2 is 1.91 bits per heavy atom. The molecule has 7 nitrogen and oxygen atoms in total. The monoisotopic (exact) mass is 314 g/mol. The second-order valence-electron chi connectivity index (χ2n) is 5.31. The molecule has 1 N–H and O–H groups in total. The molecule has 0 radical (unpaired) electrons. The van der Waals surface area contributed by atoms with E-state index in [1.165, 1.54) is 4.90 Å². The molecule has 0 aliphatic carbocycles. The summed E-state index contributed by atoms with van der Waals surface area (Å²) in [6.45, 7) is 6.53. The van der Waals surface area contributed by atoms with Gasteiger partial charge in [-0.2, -0.15) is 0 Å². The van der Waals surface area contributed by atoms with Crippen molar-refractivity contribution in [1.82, 2.24) is 10.2 Å². The van der Waals surface area contributed by atoms with Crippen molar-refractivity contribution in [1.29, 1.82) is 0 Å². The van der Waals surface area contributed by atoms with Crippen LogP contribution in [0, 0.1) is 5.92 Å². The quantitative estimate of drug-likeness (QED) is 0.439. The van der Waals surface area contributed by atoms with E-state index in [9.17, 15) is 14.4 Å². The van der Waals surface area contributed by atoms with Crippen molar-refractivity contribution in [3.63, 3.8) is 0 Å². The number of amides is 3. The summed E-state index contributed by atoms with van der Waals surface area (Å²) in [6, 6.07) is 0. The third kappa shape index (κ3) is 6.53. The predicted octanol–water partition coefficient (Wildman–Crippen LogP) is 0.331. The lowest BCUT2D eigenvalue weighted by Gasteiger charge is -2.14. The fourth-order valence-electron chi connectivity index (χ4n) is 2.11. The van der Waals surface area contributed by atoms with E-state index >= 15 is 0 Å². The predicted molar refractivity (Wildman–Crippen MR) is 80.1 cm³/mol. The minimum atomic E-state index is -0.265. The number of hydrogen-bond donors (Lipinski definition) is 1. The van der Waals surface area contributed by atoms with Crippen molar-refractivity contribution in [2.75, 3.05) is 39.5 Å². The van der Waals surface area contributed by atoms with E-state index in [2.05, 4.69) is 5.32 Å².